The van der Waals surface area contributed by atoms with Crippen molar-refractivity contribution in [3.05, 3.63) is 34.9 Å². The van der Waals surface area contributed by atoms with Gasteiger partial charge in [-0.2, -0.15) is 0 Å². The van der Waals surface area contributed by atoms with Crippen LogP contribution in [0.2, 0.25) is 5.02 Å². The smallest absolute Gasteiger partial charge is 0.317 e. The summed E-state index contributed by atoms with van der Waals surface area (Å²) in [6, 6.07) is 7.72. The third-order valence-corrected chi connectivity index (χ3v) is 6.68. The molecule has 0 radical (unpaired) electrons. The second-order valence-corrected chi connectivity index (χ2v) is 8.44. The quantitative estimate of drug-likeness (QED) is 0.744. The summed E-state index contributed by atoms with van der Waals surface area (Å²) in [5.74, 6) is 0.341. The van der Waals surface area contributed by atoms with Gasteiger partial charge in [0.25, 0.3) is 5.91 Å². The van der Waals surface area contributed by atoms with Crippen molar-refractivity contribution in [2.24, 2.45) is 5.92 Å². The number of piperidine rings is 1. The number of hydrogen-bond acceptors (Lipinski definition) is 3. The van der Waals surface area contributed by atoms with E-state index < -0.39 is 5.41 Å². The SMILES string of the molecule is O=C(COC(=O)C1(c2ccc(Cl)cc2)CC1)N1CCC[C@@H]2CCCC[C@@H]21. The first-order valence-corrected chi connectivity index (χ1v) is 10.2. The summed E-state index contributed by atoms with van der Waals surface area (Å²) >= 11 is 5.94. The van der Waals surface area contributed by atoms with Crippen LogP contribution >= 0.6 is 11.6 Å². The molecule has 3 aliphatic rings. The molecule has 3 fully saturated rings. The Morgan fingerprint density at radius 3 is 2.50 bits per heavy atom. The molecule has 1 aliphatic heterocycles. The number of halogens is 1. The zero-order valence-corrected chi connectivity index (χ0v) is 15.8. The largest absolute Gasteiger partial charge is 0.455 e. The van der Waals surface area contributed by atoms with Gasteiger partial charge in [0.1, 0.15) is 0 Å². The van der Waals surface area contributed by atoms with Crippen LogP contribution in [0, 0.1) is 5.92 Å². The molecule has 1 aromatic rings. The van der Waals surface area contributed by atoms with Crippen molar-refractivity contribution in [1.82, 2.24) is 4.90 Å². The minimum absolute atomic E-state index is 0.0261. The number of carbonyl (C=O) groups excluding carboxylic acids is 2. The number of nitrogens with zero attached hydrogens (tertiary/aromatic N) is 1. The predicted molar refractivity (Wildman–Crippen MR) is 100 cm³/mol. The maximum absolute atomic E-state index is 12.7. The van der Waals surface area contributed by atoms with Crippen LogP contribution in [-0.4, -0.2) is 36.0 Å². The van der Waals surface area contributed by atoms with Crippen LogP contribution in [0.15, 0.2) is 24.3 Å². The standard InChI is InChI=1S/C21H26ClNO3/c22-17-9-7-16(8-10-17)21(11-12-21)20(25)26-14-19(24)23-13-3-5-15-4-1-2-6-18(15)23/h7-10,15,18H,1-6,11-14H2/t15-,18-/m0/s1. The van der Waals surface area contributed by atoms with Gasteiger partial charge in [-0.05, 0) is 62.1 Å². The summed E-state index contributed by atoms with van der Waals surface area (Å²) in [6.45, 7) is 0.678. The molecule has 0 aromatic heterocycles. The number of carbonyl (C=O) groups is 2. The Hall–Kier alpha value is -1.55. The van der Waals surface area contributed by atoms with Gasteiger partial charge in [-0.15, -0.1) is 0 Å². The highest BCUT2D eigenvalue weighted by Gasteiger charge is 2.53. The third-order valence-electron chi connectivity index (χ3n) is 6.43. The lowest BCUT2D eigenvalue weighted by Gasteiger charge is -2.44. The van der Waals surface area contributed by atoms with Crippen LogP contribution in [0.3, 0.4) is 0 Å². The summed E-state index contributed by atoms with van der Waals surface area (Å²) in [4.78, 5) is 27.4. The minimum Gasteiger partial charge on any atom is -0.455 e. The summed E-state index contributed by atoms with van der Waals surface area (Å²) in [5.41, 5.74) is 0.366. The molecule has 2 atom stereocenters. The molecule has 0 bridgehead atoms. The first-order chi connectivity index (χ1) is 12.6. The Morgan fingerprint density at radius 1 is 1.08 bits per heavy atom. The van der Waals surface area contributed by atoms with Gasteiger partial charge in [0.05, 0.1) is 5.41 Å². The Bertz CT molecular complexity index is 681. The van der Waals surface area contributed by atoms with Crippen LogP contribution in [-0.2, 0) is 19.7 Å². The highest BCUT2D eigenvalue weighted by molar-refractivity contribution is 6.30. The first-order valence-electron chi connectivity index (χ1n) is 9.83. The maximum Gasteiger partial charge on any atom is 0.317 e. The van der Waals surface area contributed by atoms with Crippen LogP contribution in [0.1, 0.15) is 56.9 Å². The van der Waals surface area contributed by atoms with E-state index in [0.29, 0.717) is 17.0 Å². The molecule has 4 nitrogen and oxygen atoms in total. The van der Waals surface area contributed by atoms with Gasteiger partial charge in [0.2, 0.25) is 0 Å². The van der Waals surface area contributed by atoms with E-state index in [9.17, 15) is 9.59 Å². The fourth-order valence-corrected chi connectivity index (χ4v) is 4.91. The number of amides is 1. The lowest BCUT2D eigenvalue weighted by molar-refractivity contribution is -0.156. The summed E-state index contributed by atoms with van der Waals surface area (Å²) in [6.07, 6.45) is 8.65. The van der Waals surface area contributed by atoms with Crippen molar-refractivity contribution >= 4 is 23.5 Å². The topological polar surface area (TPSA) is 46.6 Å². The molecule has 5 heteroatoms. The van der Waals surface area contributed by atoms with Crippen molar-refractivity contribution in [1.29, 1.82) is 0 Å². The van der Waals surface area contributed by atoms with Crippen molar-refractivity contribution in [3.63, 3.8) is 0 Å². The molecule has 1 aromatic carbocycles. The average molecular weight is 376 g/mol. The molecule has 1 heterocycles. The summed E-state index contributed by atoms with van der Waals surface area (Å²) < 4.78 is 5.49. The van der Waals surface area contributed by atoms with E-state index in [1.54, 1.807) is 12.1 Å². The average Bonchev–Trinajstić information content (AvgIpc) is 3.48. The highest BCUT2D eigenvalue weighted by atomic mass is 35.5. The normalized spacial score (nSPS) is 26.7. The Labute approximate surface area is 159 Å². The molecule has 1 amide bonds. The number of esters is 1. The monoisotopic (exact) mass is 375 g/mol. The van der Waals surface area contributed by atoms with Crippen molar-refractivity contribution in [2.75, 3.05) is 13.2 Å². The number of ether oxygens (including phenoxy) is 1. The van der Waals surface area contributed by atoms with Crippen LogP contribution in [0.5, 0.6) is 0 Å². The van der Waals surface area contributed by atoms with Gasteiger partial charge < -0.3 is 9.64 Å². The van der Waals surface area contributed by atoms with Crippen molar-refractivity contribution < 1.29 is 14.3 Å². The van der Waals surface area contributed by atoms with Gasteiger partial charge in [-0.3, -0.25) is 9.59 Å². The molecule has 26 heavy (non-hydrogen) atoms. The van der Waals surface area contributed by atoms with E-state index in [1.165, 1.54) is 25.7 Å². The Morgan fingerprint density at radius 2 is 1.77 bits per heavy atom. The molecule has 1 saturated heterocycles. The Balaban J connectivity index is 1.37. The second-order valence-electron chi connectivity index (χ2n) is 8.01. The fourth-order valence-electron chi connectivity index (χ4n) is 4.79. The predicted octanol–water partition coefficient (Wildman–Crippen LogP) is 4.10. The van der Waals surface area contributed by atoms with Gasteiger partial charge in [-0.25, -0.2) is 0 Å². The lowest BCUT2D eigenvalue weighted by Crippen LogP contribution is -2.51. The molecule has 0 spiro atoms. The fraction of sp³-hybridized carbons (Fsp3) is 0.619. The van der Waals surface area contributed by atoms with E-state index >= 15 is 0 Å². The van der Waals surface area contributed by atoms with Crippen LogP contribution < -0.4 is 0 Å². The van der Waals surface area contributed by atoms with E-state index in [4.69, 9.17) is 16.3 Å². The molecule has 2 aliphatic carbocycles. The summed E-state index contributed by atoms with van der Waals surface area (Å²) in [7, 11) is 0. The summed E-state index contributed by atoms with van der Waals surface area (Å²) in [5, 5.41) is 0.653. The number of fused-ring (bicyclic) bond motifs is 1. The second kappa shape index (κ2) is 7.22. The molecule has 4 rings (SSSR count). The third kappa shape index (κ3) is 3.36. The molecular weight excluding hydrogens is 350 g/mol. The van der Waals surface area contributed by atoms with Crippen LogP contribution in [0.4, 0.5) is 0 Å². The van der Waals surface area contributed by atoms with E-state index in [2.05, 4.69) is 0 Å². The van der Waals surface area contributed by atoms with Gasteiger partial charge in [0.15, 0.2) is 6.61 Å². The molecule has 0 unspecified atom stereocenters. The maximum atomic E-state index is 12.7. The van der Waals surface area contributed by atoms with E-state index in [-0.39, 0.29) is 18.5 Å². The zero-order valence-electron chi connectivity index (χ0n) is 15.1. The molecular formula is C21H26ClNO3. The van der Waals surface area contributed by atoms with Gasteiger partial charge >= 0.3 is 5.97 Å². The van der Waals surface area contributed by atoms with Crippen molar-refractivity contribution in [3.8, 4) is 0 Å². The minimum atomic E-state index is -0.569. The first kappa shape index (κ1) is 17.8. The number of rotatable bonds is 4. The van der Waals surface area contributed by atoms with E-state index in [0.717, 1.165) is 37.8 Å². The highest BCUT2D eigenvalue weighted by Crippen LogP contribution is 2.49. The van der Waals surface area contributed by atoms with Crippen molar-refractivity contribution in [2.45, 2.75) is 62.8 Å². The Kier molecular flexibility index (Phi) is 4.96. The van der Waals surface area contributed by atoms with E-state index in [1.807, 2.05) is 17.0 Å². The zero-order chi connectivity index (χ0) is 18.1. The molecule has 140 valence electrons. The number of hydrogen-bond donors (Lipinski definition) is 0. The van der Waals surface area contributed by atoms with Gasteiger partial charge in [0, 0.05) is 17.6 Å². The number of benzene rings is 1. The molecule has 0 N–H and O–H groups in total. The van der Waals surface area contributed by atoms with Gasteiger partial charge in [-0.1, -0.05) is 36.6 Å². The number of likely N-dealkylation sites (tertiary alicyclic amines) is 1. The van der Waals surface area contributed by atoms with Crippen LogP contribution in [0.25, 0.3) is 0 Å². The lowest BCUT2D eigenvalue weighted by atomic mass is 9.78. The molecule has 2 saturated carbocycles.